The Morgan fingerprint density at radius 1 is 1.12 bits per heavy atom. The molecule has 0 spiro atoms. The van der Waals surface area contributed by atoms with Crippen LogP contribution in [0.1, 0.15) is 25.8 Å². The van der Waals surface area contributed by atoms with Crippen LogP contribution < -0.4 is 4.74 Å². The number of fused-ring (bicyclic) bond motifs is 1. The van der Waals surface area contributed by atoms with Gasteiger partial charge in [0.15, 0.2) is 6.23 Å². The van der Waals surface area contributed by atoms with Gasteiger partial charge in [0.1, 0.15) is 11.9 Å². The van der Waals surface area contributed by atoms with Gasteiger partial charge in [-0.25, -0.2) is 4.98 Å². The first-order chi connectivity index (χ1) is 11.4. The smallest absolute Gasteiger partial charge is 0.178 e. The van der Waals surface area contributed by atoms with Gasteiger partial charge in [0.25, 0.3) is 0 Å². The molecule has 1 aliphatic heterocycles. The second-order valence-electron chi connectivity index (χ2n) is 6.78. The fourth-order valence-electron chi connectivity index (χ4n) is 3.22. The van der Waals surface area contributed by atoms with E-state index in [0.717, 1.165) is 42.5 Å². The third-order valence-corrected chi connectivity index (χ3v) is 5.53. The number of rotatable bonds is 5. The van der Waals surface area contributed by atoms with Crippen LogP contribution in [0.2, 0.25) is 0 Å². The van der Waals surface area contributed by atoms with Crippen molar-refractivity contribution in [3.8, 4) is 5.75 Å². The molecule has 1 N–H and O–H groups in total. The molecule has 0 aliphatic carbocycles. The molecule has 2 heterocycles. The van der Waals surface area contributed by atoms with Gasteiger partial charge < -0.3 is 9.84 Å². The van der Waals surface area contributed by atoms with Crippen molar-refractivity contribution in [2.75, 3.05) is 26.2 Å². The van der Waals surface area contributed by atoms with Crippen molar-refractivity contribution >= 4 is 21.6 Å². The van der Waals surface area contributed by atoms with E-state index in [-0.39, 0.29) is 6.23 Å². The number of nitrogens with zero attached hydrogens (tertiary/aromatic N) is 3. The molecule has 1 fully saturated rings. The van der Waals surface area contributed by atoms with Crippen molar-refractivity contribution in [3.05, 3.63) is 23.2 Å². The SMILES string of the molecule is Cc1nc2cc(OC([C@@H](C)O)N3CCN(C(C)C)CC3)ccc2s1. The summed E-state index contributed by atoms with van der Waals surface area (Å²) in [5.74, 6) is 0.769. The summed E-state index contributed by atoms with van der Waals surface area (Å²) in [6.45, 7) is 12.1. The lowest BCUT2D eigenvalue weighted by Gasteiger charge is -2.41. The van der Waals surface area contributed by atoms with Crippen molar-refractivity contribution in [1.82, 2.24) is 14.8 Å². The predicted octanol–water partition coefficient (Wildman–Crippen LogP) is 2.72. The van der Waals surface area contributed by atoms with E-state index in [1.165, 1.54) is 4.70 Å². The lowest BCUT2D eigenvalue weighted by atomic mass is 10.2. The van der Waals surface area contributed by atoms with Gasteiger partial charge in [0, 0.05) is 38.3 Å². The van der Waals surface area contributed by atoms with E-state index < -0.39 is 6.10 Å². The Morgan fingerprint density at radius 3 is 2.42 bits per heavy atom. The Bertz CT molecular complexity index is 678. The molecule has 1 unspecified atom stereocenters. The molecule has 6 heteroatoms. The summed E-state index contributed by atoms with van der Waals surface area (Å²) in [4.78, 5) is 9.22. The van der Waals surface area contributed by atoms with Gasteiger partial charge in [-0.1, -0.05) is 0 Å². The van der Waals surface area contributed by atoms with Crippen LogP contribution in [-0.4, -0.2) is 64.4 Å². The average molecular weight is 350 g/mol. The standard InChI is InChI=1S/C18H27N3O2S/c1-12(2)20-7-9-21(10-8-20)18(13(3)22)23-15-5-6-17-16(11-15)19-14(4)24-17/h5-6,11-13,18,22H,7-10H2,1-4H3/t13-,18?/m1/s1. The largest absolute Gasteiger partial charge is 0.472 e. The number of hydrogen-bond acceptors (Lipinski definition) is 6. The first kappa shape index (κ1) is 17.6. The van der Waals surface area contributed by atoms with Crippen LogP contribution in [0.4, 0.5) is 0 Å². The number of hydrogen-bond donors (Lipinski definition) is 1. The highest BCUT2D eigenvalue weighted by molar-refractivity contribution is 7.18. The van der Waals surface area contributed by atoms with Crippen molar-refractivity contribution in [1.29, 1.82) is 0 Å². The number of aliphatic hydroxyl groups is 1. The Balaban J connectivity index is 1.71. The molecule has 0 saturated carbocycles. The second kappa shape index (κ2) is 7.35. The summed E-state index contributed by atoms with van der Waals surface area (Å²) in [5, 5.41) is 11.3. The van der Waals surface area contributed by atoms with E-state index in [1.807, 2.05) is 25.1 Å². The molecule has 1 aromatic heterocycles. The van der Waals surface area contributed by atoms with Crippen LogP contribution in [0.3, 0.4) is 0 Å². The van der Waals surface area contributed by atoms with Gasteiger partial charge in [0.05, 0.1) is 15.2 Å². The quantitative estimate of drug-likeness (QED) is 0.899. The van der Waals surface area contributed by atoms with Gasteiger partial charge in [-0.3, -0.25) is 9.80 Å². The van der Waals surface area contributed by atoms with Crippen LogP contribution in [0, 0.1) is 6.92 Å². The van der Waals surface area contributed by atoms with Gasteiger partial charge in [0.2, 0.25) is 0 Å². The monoisotopic (exact) mass is 349 g/mol. The first-order valence-corrected chi connectivity index (χ1v) is 9.45. The highest BCUT2D eigenvalue weighted by Crippen LogP contribution is 2.27. The van der Waals surface area contributed by atoms with E-state index in [1.54, 1.807) is 18.3 Å². The summed E-state index contributed by atoms with van der Waals surface area (Å²) < 4.78 is 7.32. The normalized spacial score (nSPS) is 19.8. The number of benzene rings is 1. The Labute approximate surface area is 147 Å². The molecule has 2 atom stereocenters. The minimum Gasteiger partial charge on any atom is -0.472 e. The van der Waals surface area contributed by atoms with E-state index >= 15 is 0 Å². The zero-order chi connectivity index (χ0) is 17.3. The molecule has 2 aromatic rings. The number of thiazole rings is 1. The molecular formula is C18H27N3O2S. The summed E-state index contributed by atoms with van der Waals surface area (Å²) in [6, 6.07) is 6.55. The van der Waals surface area contributed by atoms with Crippen molar-refractivity contribution < 1.29 is 9.84 Å². The number of aryl methyl sites for hydroxylation is 1. The molecular weight excluding hydrogens is 322 g/mol. The molecule has 1 saturated heterocycles. The fraction of sp³-hybridized carbons (Fsp3) is 0.611. The second-order valence-corrected chi connectivity index (χ2v) is 8.01. The van der Waals surface area contributed by atoms with E-state index in [9.17, 15) is 5.11 Å². The third-order valence-electron chi connectivity index (χ3n) is 4.57. The van der Waals surface area contributed by atoms with Crippen LogP contribution in [-0.2, 0) is 0 Å². The molecule has 1 aromatic carbocycles. The maximum absolute atomic E-state index is 10.2. The van der Waals surface area contributed by atoms with Crippen LogP contribution >= 0.6 is 11.3 Å². The lowest BCUT2D eigenvalue weighted by molar-refractivity contribution is -0.0769. The third kappa shape index (κ3) is 3.88. The van der Waals surface area contributed by atoms with E-state index in [4.69, 9.17) is 4.74 Å². The molecule has 132 valence electrons. The minimum atomic E-state index is -0.552. The molecule has 0 radical (unpaired) electrons. The molecule has 5 nitrogen and oxygen atoms in total. The number of piperazine rings is 1. The van der Waals surface area contributed by atoms with Gasteiger partial charge in [-0.05, 0) is 39.8 Å². The number of ether oxygens (including phenoxy) is 1. The minimum absolute atomic E-state index is 0.323. The molecule has 24 heavy (non-hydrogen) atoms. The Kier molecular flexibility index (Phi) is 5.39. The van der Waals surface area contributed by atoms with Gasteiger partial charge in [-0.15, -0.1) is 11.3 Å². The topological polar surface area (TPSA) is 48.8 Å². The molecule has 0 amide bonds. The number of aromatic nitrogens is 1. The predicted molar refractivity (Wildman–Crippen MR) is 98.7 cm³/mol. The summed E-state index contributed by atoms with van der Waals surface area (Å²) >= 11 is 1.68. The molecule has 1 aliphatic rings. The van der Waals surface area contributed by atoms with E-state index in [0.29, 0.717) is 6.04 Å². The highest BCUT2D eigenvalue weighted by atomic mass is 32.1. The maximum atomic E-state index is 10.2. The summed E-state index contributed by atoms with van der Waals surface area (Å²) in [7, 11) is 0. The van der Waals surface area contributed by atoms with Crippen LogP contribution in [0.5, 0.6) is 5.75 Å². The van der Waals surface area contributed by atoms with Gasteiger partial charge in [-0.2, -0.15) is 0 Å². The van der Waals surface area contributed by atoms with Crippen LogP contribution in [0.25, 0.3) is 10.2 Å². The molecule has 3 rings (SSSR count). The van der Waals surface area contributed by atoms with Gasteiger partial charge >= 0.3 is 0 Å². The highest BCUT2D eigenvalue weighted by Gasteiger charge is 2.29. The maximum Gasteiger partial charge on any atom is 0.178 e. The summed E-state index contributed by atoms with van der Waals surface area (Å²) in [5.41, 5.74) is 0.962. The van der Waals surface area contributed by atoms with E-state index in [2.05, 4.69) is 28.6 Å². The summed E-state index contributed by atoms with van der Waals surface area (Å²) in [6.07, 6.45) is -0.875. The first-order valence-electron chi connectivity index (χ1n) is 8.64. The van der Waals surface area contributed by atoms with Crippen LogP contribution in [0.15, 0.2) is 18.2 Å². The fourth-order valence-corrected chi connectivity index (χ4v) is 4.03. The Hall–Kier alpha value is -1.21. The number of aliphatic hydroxyl groups excluding tert-OH is 1. The zero-order valence-corrected chi connectivity index (χ0v) is 15.7. The Morgan fingerprint density at radius 2 is 1.79 bits per heavy atom. The van der Waals surface area contributed by atoms with Crippen molar-refractivity contribution in [3.63, 3.8) is 0 Å². The lowest BCUT2D eigenvalue weighted by Crippen LogP contribution is -2.56. The average Bonchev–Trinajstić information content (AvgIpc) is 2.91. The van der Waals surface area contributed by atoms with Crippen molar-refractivity contribution in [2.24, 2.45) is 0 Å². The molecule has 0 bridgehead atoms. The van der Waals surface area contributed by atoms with Crippen molar-refractivity contribution in [2.45, 2.75) is 46.1 Å². The zero-order valence-electron chi connectivity index (χ0n) is 14.9.